The van der Waals surface area contributed by atoms with Gasteiger partial charge in [0.1, 0.15) is 0 Å². The minimum atomic E-state index is 0.203. The van der Waals surface area contributed by atoms with Gasteiger partial charge in [-0.25, -0.2) is 0 Å². The van der Waals surface area contributed by atoms with E-state index in [1.165, 1.54) is 11.1 Å². The number of thiol groups is 1. The van der Waals surface area contributed by atoms with E-state index in [0.717, 1.165) is 19.6 Å². The van der Waals surface area contributed by atoms with Crippen LogP contribution in [0.4, 0.5) is 0 Å². The van der Waals surface area contributed by atoms with E-state index in [0.29, 0.717) is 16.8 Å². The SMILES string of the molecule is CCN(CC)CC1NC(S)C2=C(C)C(C)SC2N1. The van der Waals surface area contributed by atoms with Crippen molar-refractivity contribution in [1.29, 1.82) is 0 Å². The fourth-order valence-corrected chi connectivity index (χ4v) is 4.76. The van der Waals surface area contributed by atoms with E-state index in [4.69, 9.17) is 12.6 Å². The van der Waals surface area contributed by atoms with Crippen LogP contribution in [-0.4, -0.2) is 46.7 Å². The molecule has 2 N–H and O–H groups in total. The Morgan fingerprint density at radius 3 is 2.56 bits per heavy atom. The lowest BCUT2D eigenvalue weighted by atomic mass is 10.1. The molecule has 1 saturated heterocycles. The van der Waals surface area contributed by atoms with Gasteiger partial charge >= 0.3 is 0 Å². The third-order valence-electron chi connectivity index (χ3n) is 4.03. The maximum atomic E-state index is 4.74. The highest BCUT2D eigenvalue weighted by Crippen LogP contribution is 2.41. The van der Waals surface area contributed by atoms with Gasteiger partial charge in [0.2, 0.25) is 0 Å². The molecule has 1 fully saturated rings. The quantitative estimate of drug-likeness (QED) is 0.544. The molecule has 0 amide bonds. The van der Waals surface area contributed by atoms with Crippen molar-refractivity contribution in [3.05, 3.63) is 11.1 Å². The summed E-state index contributed by atoms with van der Waals surface area (Å²) in [6.45, 7) is 12.2. The first-order valence-corrected chi connectivity index (χ1v) is 8.31. The Balaban J connectivity index is 2.01. The average Bonchev–Trinajstić information content (AvgIpc) is 2.62. The predicted octanol–water partition coefficient (Wildman–Crippen LogP) is 1.88. The molecule has 0 bridgehead atoms. The molecule has 0 aromatic heterocycles. The second-order valence-corrected chi connectivity index (χ2v) is 7.04. The van der Waals surface area contributed by atoms with Gasteiger partial charge in [-0.2, -0.15) is 12.6 Å². The number of thioether (sulfide) groups is 1. The normalized spacial score (nSPS) is 36.3. The Kier molecular flexibility index (Phi) is 5.06. The van der Waals surface area contributed by atoms with Gasteiger partial charge in [0, 0.05) is 11.8 Å². The van der Waals surface area contributed by atoms with Gasteiger partial charge < -0.3 is 4.90 Å². The lowest BCUT2D eigenvalue weighted by molar-refractivity contribution is 0.233. The smallest absolute Gasteiger partial charge is 0.0793 e. The minimum Gasteiger partial charge on any atom is -0.301 e. The Bertz CT molecular complexity index is 328. The van der Waals surface area contributed by atoms with Gasteiger partial charge in [-0.15, -0.1) is 11.8 Å². The number of nitrogens with one attached hydrogen (secondary N) is 2. The molecule has 0 aromatic rings. The molecule has 5 heteroatoms. The molecule has 4 unspecified atom stereocenters. The summed E-state index contributed by atoms with van der Waals surface area (Å²) >= 11 is 6.75. The van der Waals surface area contributed by atoms with E-state index in [1.54, 1.807) is 0 Å². The molecular weight excluding hydrogens is 262 g/mol. The maximum Gasteiger partial charge on any atom is 0.0793 e. The van der Waals surface area contributed by atoms with Crippen molar-refractivity contribution < 1.29 is 0 Å². The first-order valence-electron chi connectivity index (χ1n) is 6.85. The van der Waals surface area contributed by atoms with Crippen LogP contribution in [0, 0.1) is 0 Å². The van der Waals surface area contributed by atoms with Crippen molar-refractivity contribution in [1.82, 2.24) is 15.5 Å². The number of rotatable bonds is 4. The molecule has 0 spiro atoms. The fraction of sp³-hybridized carbons (Fsp3) is 0.846. The average molecular weight is 287 g/mol. The molecule has 4 atom stereocenters. The molecule has 0 aromatic carbocycles. The number of fused-ring (bicyclic) bond motifs is 1. The summed E-state index contributed by atoms with van der Waals surface area (Å²) in [7, 11) is 0. The number of nitrogens with zero attached hydrogens (tertiary/aromatic N) is 1. The first-order chi connectivity index (χ1) is 8.56. The highest BCUT2D eigenvalue weighted by molar-refractivity contribution is 8.01. The molecule has 2 aliphatic heterocycles. The summed E-state index contributed by atoms with van der Waals surface area (Å²) in [6, 6.07) is 0. The lowest BCUT2D eigenvalue weighted by Crippen LogP contribution is -2.60. The number of hydrogen-bond acceptors (Lipinski definition) is 5. The molecule has 0 saturated carbocycles. The largest absolute Gasteiger partial charge is 0.301 e. The van der Waals surface area contributed by atoms with Crippen LogP contribution in [0.25, 0.3) is 0 Å². The van der Waals surface area contributed by atoms with E-state index >= 15 is 0 Å². The van der Waals surface area contributed by atoms with E-state index in [-0.39, 0.29) is 5.37 Å². The van der Waals surface area contributed by atoms with Crippen LogP contribution in [-0.2, 0) is 0 Å². The molecule has 3 nitrogen and oxygen atoms in total. The van der Waals surface area contributed by atoms with Gasteiger partial charge in [0.15, 0.2) is 0 Å². The van der Waals surface area contributed by atoms with E-state index in [2.05, 4.69) is 43.2 Å². The van der Waals surface area contributed by atoms with Gasteiger partial charge in [-0.05, 0) is 32.5 Å². The van der Waals surface area contributed by atoms with Crippen LogP contribution in [0.3, 0.4) is 0 Å². The Morgan fingerprint density at radius 1 is 1.28 bits per heavy atom. The molecule has 0 radical (unpaired) electrons. The highest BCUT2D eigenvalue weighted by Gasteiger charge is 2.38. The van der Waals surface area contributed by atoms with Crippen LogP contribution < -0.4 is 10.6 Å². The van der Waals surface area contributed by atoms with Crippen LogP contribution in [0.2, 0.25) is 0 Å². The van der Waals surface area contributed by atoms with Gasteiger partial charge in [-0.3, -0.25) is 10.6 Å². The summed E-state index contributed by atoms with van der Waals surface area (Å²) in [5.74, 6) is 0. The van der Waals surface area contributed by atoms with Crippen molar-refractivity contribution in [2.24, 2.45) is 0 Å². The van der Waals surface area contributed by atoms with Gasteiger partial charge in [-0.1, -0.05) is 19.4 Å². The highest BCUT2D eigenvalue weighted by atomic mass is 32.2. The summed E-state index contributed by atoms with van der Waals surface area (Å²) < 4.78 is 0. The monoisotopic (exact) mass is 287 g/mol. The van der Waals surface area contributed by atoms with E-state index in [1.807, 2.05) is 11.8 Å². The molecule has 2 heterocycles. The Labute approximate surface area is 121 Å². The van der Waals surface area contributed by atoms with Crippen LogP contribution in [0.15, 0.2) is 11.1 Å². The fourth-order valence-electron chi connectivity index (χ4n) is 2.67. The van der Waals surface area contributed by atoms with Crippen molar-refractivity contribution in [2.45, 2.75) is 49.9 Å². The van der Waals surface area contributed by atoms with Gasteiger partial charge in [0.25, 0.3) is 0 Å². The molecule has 2 rings (SSSR count). The van der Waals surface area contributed by atoms with Crippen molar-refractivity contribution in [2.75, 3.05) is 19.6 Å². The molecule has 2 aliphatic rings. The summed E-state index contributed by atoms with van der Waals surface area (Å²) in [6.07, 6.45) is 0.340. The van der Waals surface area contributed by atoms with Crippen molar-refractivity contribution in [3.8, 4) is 0 Å². The Morgan fingerprint density at radius 2 is 1.94 bits per heavy atom. The standard InChI is InChI=1S/C13H25N3S2/c1-5-16(6-2)7-10-14-12(17)11-8(3)9(4)18-13(11)15-10/h9-10,12-15,17H,5-7H2,1-4H3. The van der Waals surface area contributed by atoms with Crippen LogP contribution in [0.5, 0.6) is 0 Å². The molecular formula is C13H25N3S2. The third kappa shape index (κ3) is 2.90. The zero-order chi connectivity index (χ0) is 13.3. The predicted molar refractivity (Wildman–Crippen MR) is 84.2 cm³/mol. The van der Waals surface area contributed by atoms with E-state index in [9.17, 15) is 0 Å². The number of hydrogen-bond donors (Lipinski definition) is 3. The second kappa shape index (κ2) is 6.18. The lowest BCUT2D eigenvalue weighted by Gasteiger charge is -2.38. The zero-order valence-electron chi connectivity index (χ0n) is 11.7. The summed E-state index contributed by atoms with van der Waals surface area (Å²) in [5, 5.41) is 8.55. The maximum absolute atomic E-state index is 4.74. The third-order valence-corrected chi connectivity index (χ3v) is 5.88. The summed E-state index contributed by atoms with van der Waals surface area (Å²) in [4.78, 5) is 2.44. The van der Waals surface area contributed by atoms with Gasteiger partial charge in [0.05, 0.1) is 16.9 Å². The Hall–Kier alpha value is 0.320. The van der Waals surface area contributed by atoms with E-state index < -0.39 is 0 Å². The second-order valence-electron chi connectivity index (χ2n) is 5.07. The van der Waals surface area contributed by atoms with Crippen LogP contribution in [0.1, 0.15) is 27.7 Å². The molecule has 0 aliphatic carbocycles. The zero-order valence-corrected chi connectivity index (χ0v) is 13.4. The topological polar surface area (TPSA) is 27.3 Å². The van der Waals surface area contributed by atoms with Crippen LogP contribution >= 0.6 is 24.4 Å². The first kappa shape index (κ1) is 14.7. The minimum absolute atomic E-state index is 0.203. The van der Waals surface area contributed by atoms with Crippen molar-refractivity contribution in [3.63, 3.8) is 0 Å². The van der Waals surface area contributed by atoms with Crippen molar-refractivity contribution >= 4 is 24.4 Å². The number of likely N-dealkylation sites (N-methyl/N-ethyl adjacent to an activating group) is 1. The summed E-state index contributed by atoms with van der Waals surface area (Å²) in [5.41, 5.74) is 2.94. The molecule has 18 heavy (non-hydrogen) atoms. The molecule has 104 valence electrons.